The molecule has 0 saturated carbocycles. The Hall–Kier alpha value is -2.96. The summed E-state index contributed by atoms with van der Waals surface area (Å²) in [6, 6.07) is 4.36. The van der Waals surface area contributed by atoms with Crippen LogP contribution in [-0.4, -0.2) is 20.6 Å². The summed E-state index contributed by atoms with van der Waals surface area (Å²) in [6.45, 7) is 5.57. The van der Waals surface area contributed by atoms with Crippen molar-refractivity contribution in [3.8, 4) is 0 Å². The van der Waals surface area contributed by atoms with Gasteiger partial charge in [-0.1, -0.05) is 6.07 Å². The number of carbonyl (C=O) groups is 1. The van der Waals surface area contributed by atoms with E-state index in [0.29, 0.717) is 5.69 Å². The van der Waals surface area contributed by atoms with E-state index >= 15 is 0 Å². The van der Waals surface area contributed by atoms with E-state index in [9.17, 15) is 14.9 Å². The standard InChI is InChI=1S/C16H18N4O3/c1-10-5-6-13(20(22)23)9-15(10)17-16(21)8-7-14-11(2)18-19(4)12(14)3/h5-9H,1-4H3,(H,17,21). The van der Waals surface area contributed by atoms with Crippen molar-refractivity contribution in [3.63, 3.8) is 0 Å². The Bertz CT molecular complexity index is 806. The first-order valence-electron chi connectivity index (χ1n) is 7.04. The second-order valence-electron chi connectivity index (χ2n) is 5.29. The lowest BCUT2D eigenvalue weighted by atomic mass is 10.1. The lowest BCUT2D eigenvalue weighted by molar-refractivity contribution is -0.384. The van der Waals surface area contributed by atoms with Crippen LogP contribution in [0.3, 0.4) is 0 Å². The third-order valence-electron chi connectivity index (χ3n) is 3.66. The van der Waals surface area contributed by atoms with Crippen LogP contribution >= 0.6 is 0 Å². The van der Waals surface area contributed by atoms with E-state index in [4.69, 9.17) is 0 Å². The van der Waals surface area contributed by atoms with Crippen LogP contribution in [0.5, 0.6) is 0 Å². The quantitative estimate of drug-likeness (QED) is 0.534. The second-order valence-corrected chi connectivity index (χ2v) is 5.29. The van der Waals surface area contributed by atoms with Gasteiger partial charge in [-0.15, -0.1) is 0 Å². The number of hydrogen-bond acceptors (Lipinski definition) is 4. The molecule has 0 spiro atoms. The van der Waals surface area contributed by atoms with Crippen LogP contribution in [0.25, 0.3) is 6.08 Å². The molecule has 1 aromatic carbocycles. The van der Waals surface area contributed by atoms with Gasteiger partial charge in [-0.3, -0.25) is 19.6 Å². The molecular formula is C16H18N4O3. The van der Waals surface area contributed by atoms with Gasteiger partial charge in [0.2, 0.25) is 5.91 Å². The van der Waals surface area contributed by atoms with Crippen LogP contribution in [0.4, 0.5) is 11.4 Å². The average molecular weight is 314 g/mol. The van der Waals surface area contributed by atoms with Crippen molar-refractivity contribution in [3.05, 3.63) is 56.9 Å². The number of nitro groups is 1. The molecule has 0 radical (unpaired) electrons. The van der Waals surface area contributed by atoms with E-state index in [1.807, 2.05) is 20.9 Å². The number of carbonyl (C=O) groups excluding carboxylic acids is 1. The molecule has 1 N–H and O–H groups in total. The minimum atomic E-state index is -0.493. The first kappa shape index (κ1) is 16.4. The zero-order valence-corrected chi connectivity index (χ0v) is 13.5. The summed E-state index contributed by atoms with van der Waals surface area (Å²) in [7, 11) is 1.84. The maximum absolute atomic E-state index is 12.1. The van der Waals surface area contributed by atoms with E-state index in [2.05, 4.69) is 10.4 Å². The van der Waals surface area contributed by atoms with Gasteiger partial charge in [0.15, 0.2) is 0 Å². The lowest BCUT2D eigenvalue weighted by Gasteiger charge is -2.06. The highest BCUT2D eigenvalue weighted by atomic mass is 16.6. The monoisotopic (exact) mass is 314 g/mol. The van der Waals surface area contributed by atoms with Gasteiger partial charge in [0, 0.05) is 36.5 Å². The molecule has 2 aromatic rings. The van der Waals surface area contributed by atoms with Crippen LogP contribution < -0.4 is 5.32 Å². The van der Waals surface area contributed by atoms with Crippen LogP contribution in [0.2, 0.25) is 0 Å². The Morgan fingerprint density at radius 1 is 1.35 bits per heavy atom. The smallest absolute Gasteiger partial charge is 0.271 e. The average Bonchev–Trinajstić information content (AvgIpc) is 2.72. The first-order chi connectivity index (χ1) is 10.8. The SMILES string of the molecule is Cc1ccc([N+](=O)[O-])cc1NC(=O)C=Cc1c(C)nn(C)c1C. The van der Waals surface area contributed by atoms with Gasteiger partial charge < -0.3 is 5.32 Å². The van der Waals surface area contributed by atoms with Crippen molar-refractivity contribution >= 4 is 23.4 Å². The van der Waals surface area contributed by atoms with Crippen LogP contribution in [0.15, 0.2) is 24.3 Å². The van der Waals surface area contributed by atoms with E-state index in [1.54, 1.807) is 23.7 Å². The van der Waals surface area contributed by atoms with Crippen LogP contribution in [0, 0.1) is 30.9 Å². The summed E-state index contributed by atoms with van der Waals surface area (Å²) < 4.78 is 1.75. The number of nitrogens with zero attached hydrogens (tertiary/aromatic N) is 3. The number of aromatic nitrogens is 2. The number of aryl methyl sites for hydroxylation is 3. The molecule has 120 valence electrons. The van der Waals surface area contributed by atoms with Crippen molar-refractivity contribution in [2.75, 3.05) is 5.32 Å². The highest BCUT2D eigenvalue weighted by Crippen LogP contribution is 2.22. The highest BCUT2D eigenvalue weighted by Gasteiger charge is 2.10. The molecule has 23 heavy (non-hydrogen) atoms. The Labute approximate surface area is 133 Å². The molecule has 0 aliphatic carbocycles. The van der Waals surface area contributed by atoms with E-state index in [0.717, 1.165) is 22.5 Å². The molecule has 7 heteroatoms. The fraction of sp³-hybridized carbons (Fsp3) is 0.250. The van der Waals surface area contributed by atoms with Gasteiger partial charge >= 0.3 is 0 Å². The van der Waals surface area contributed by atoms with E-state index in [1.165, 1.54) is 18.2 Å². The predicted molar refractivity (Wildman–Crippen MR) is 88.2 cm³/mol. The van der Waals surface area contributed by atoms with Crippen LogP contribution in [0.1, 0.15) is 22.5 Å². The van der Waals surface area contributed by atoms with Gasteiger partial charge in [0.25, 0.3) is 5.69 Å². The van der Waals surface area contributed by atoms with Gasteiger partial charge in [0.1, 0.15) is 0 Å². The summed E-state index contributed by atoms with van der Waals surface area (Å²) in [5, 5.41) is 17.7. The number of benzene rings is 1. The number of rotatable bonds is 4. The molecule has 0 bridgehead atoms. The van der Waals surface area contributed by atoms with Gasteiger partial charge in [0.05, 0.1) is 16.3 Å². The summed E-state index contributed by atoms with van der Waals surface area (Å²) in [6.07, 6.45) is 3.09. The highest BCUT2D eigenvalue weighted by molar-refractivity contribution is 6.02. The van der Waals surface area contributed by atoms with Crippen molar-refractivity contribution in [2.24, 2.45) is 7.05 Å². The third kappa shape index (κ3) is 3.63. The van der Waals surface area contributed by atoms with Crippen LogP contribution in [-0.2, 0) is 11.8 Å². The zero-order valence-electron chi connectivity index (χ0n) is 13.5. The van der Waals surface area contributed by atoms with Crippen molar-refractivity contribution in [1.82, 2.24) is 9.78 Å². The largest absolute Gasteiger partial charge is 0.322 e. The Morgan fingerprint density at radius 3 is 2.61 bits per heavy atom. The van der Waals surface area contributed by atoms with Crippen molar-refractivity contribution < 1.29 is 9.72 Å². The number of non-ortho nitro benzene ring substituents is 1. The number of anilines is 1. The minimum absolute atomic E-state index is 0.0613. The zero-order chi connectivity index (χ0) is 17.1. The maximum atomic E-state index is 12.1. The van der Waals surface area contributed by atoms with Crippen molar-refractivity contribution in [2.45, 2.75) is 20.8 Å². The summed E-state index contributed by atoms with van der Waals surface area (Å²) in [5.41, 5.74) is 3.80. The molecule has 0 saturated heterocycles. The fourth-order valence-corrected chi connectivity index (χ4v) is 2.22. The molecule has 1 aromatic heterocycles. The lowest BCUT2D eigenvalue weighted by Crippen LogP contribution is -2.09. The first-order valence-corrected chi connectivity index (χ1v) is 7.04. The summed E-state index contributed by atoms with van der Waals surface area (Å²) in [5.74, 6) is -0.351. The fourth-order valence-electron chi connectivity index (χ4n) is 2.22. The molecule has 1 heterocycles. The molecule has 7 nitrogen and oxygen atoms in total. The Kier molecular flexibility index (Phi) is 4.59. The molecule has 0 aliphatic rings. The molecule has 1 amide bonds. The van der Waals surface area contributed by atoms with E-state index < -0.39 is 4.92 Å². The number of nitrogens with one attached hydrogen (secondary N) is 1. The Morgan fingerprint density at radius 2 is 2.04 bits per heavy atom. The third-order valence-corrected chi connectivity index (χ3v) is 3.66. The predicted octanol–water partition coefficient (Wildman–Crippen LogP) is 2.91. The summed E-state index contributed by atoms with van der Waals surface area (Å²) >= 11 is 0. The topological polar surface area (TPSA) is 90.1 Å². The Balaban J connectivity index is 2.18. The summed E-state index contributed by atoms with van der Waals surface area (Å²) in [4.78, 5) is 22.4. The number of amides is 1. The normalized spacial score (nSPS) is 11.0. The van der Waals surface area contributed by atoms with Gasteiger partial charge in [-0.2, -0.15) is 5.10 Å². The molecule has 0 aliphatic heterocycles. The number of nitro benzene ring substituents is 1. The minimum Gasteiger partial charge on any atom is -0.322 e. The second kappa shape index (κ2) is 6.43. The molecule has 0 unspecified atom stereocenters. The van der Waals surface area contributed by atoms with Gasteiger partial charge in [-0.05, 0) is 32.4 Å². The molecule has 2 rings (SSSR count). The van der Waals surface area contributed by atoms with Gasteiger partial charge in [-0.25, -0.2) is 0 Å². The molecular weight excluding hydrogens is 296 g/mol. The number of hydrogen-bond donors (Lipinski definition) is 1. The molecule has 0 atom stereocenters. The molecule has 0 fully saturated rings. The van der Waals surface area contributed by atoms with Crippen molar-refractivity contribution in [1.29, 1.82) is 0 Å². The van der Waals surface area contributed by atoms with E-state index in [-0.39, 0.29) is 11.6 Å². The maximum Gasteiger partial charge on any atom is 0.271 e.